The number of benzene rings is 1. The summed E-state index contributed by atoms with van der Waals surface area (Å²) >= 11 is 0. The summed E-state index contributed by atoms with van der Waals surface area (Å²) in [5.41, 5.74) is 2.20. The van der Waals surface area contributed by atoms with Crippen LogP contribution in [0.1, 0.15) is 29.9 Å². The topological polar surface area (TPSA) is 137 Å². The number of aromatic amines is 2. The van der Waals surface area contributed by atoms with Crippen LogP contribution in [0.4, 0.5) is 0 Å². The van der Waals surface area contributed by atoms with Crippen LogP contribution in [0.2, 0.25) is 0 Å². The summed E-state index contributed by atoms with van der Waals surface area (Å²) < 4.78 is 0. The summed E-state index contributed by atoms with van der Waals surface area (Å²) in [4.78, 5) is 29.2. The van der Waals surface area contributed by atoms with Crippen LogP contribution in [0.25, 0.3) is 22.6 Å². The van der Waals surface area contributed by atoms with Gasteiger partial charge in [0, 0.05) is 12.0 Å². The number of nitrogens with zero attached hydrogens (tertiary/aromatic N) is 3. The number of nitrogens with one attached hydrogen (secondary N) is 3. The van der Waals surface area contributed by atoms with Crippen molar-refractivity contribution in [2.24, 2.45) is 0 Å². The van der Waals surface area contributed by atoms with Crippen molar-refractivity contribution in [3.8, 4) is 11.5 Å². The summed E-state index contributed by atoms with van der Waals surface area (Å²) in [7, 11) is 0. The lowest BCUT2D eigenvalue weighted by Gasteiger charge is -2.24. The molecule has 24 heavy (non-hydrogen) atoms. The first-order chi connectivity index (χ1) is 11.4. The van der Waals surface area contributed by atoms with Crippen LogP contribution in [-0.2, 0) is 10.2 Å². The lowest BCUT2D eigenvalue weighted by atomic mass is 9.84. The van der Waals surface area contributed by atoms with Gasteiger partial charge in [-0.3, -0.25) is 9.89 Å². The quantitative estimate of drug-likeness (QED) is 0.500. The zero-order chi connectivity index (χ0) is 17.3. The Labute approximate surface area is 136 Å². The highest BCUT2D eigenvalue weighted by atomic mass is 16.4. The van der Waals surface area contributed by atoms with Crippen molar-refractivity contribution >= 4 is 23.4 Å². The number of amides is 1. The van der Waals surface area contributed by atoms with E-state index in [0.29, 0.717) is 24.3 Å². The second-order valence-electron chi connectivity index (χ2n) is 6.04. The lowest BCUT2D eigenvalue weighted by molar-refractivity contribution is -0.109. The first-order valence-corrected chi connectivity index (χ1v) is 7.24. The third-order valence-corrected chi connectivity index (χ3v) is 3.88. The predicted octanol–water partition coefficient (Wildman–Crippen LogP) is 1.07. The van der Waals surface area contributed by atoms with E-state index in [1.165, 1.54) is 0 Å². The Morgan fingerprint density at radius 1 is 1.42 bits per heavy atom. The molecular weight excluding hydrogens is 312 g/mol. The molecule has 1 amide bonds. The second-order valence-corrected chi connectivity index (χ2v) is 6.04. The van der Waals surface area contributed by atoms with Crippen molar-refractivity contribution in [2.75, 3.05) is 6.54 Å². The van der Waals surface area contributed by atoms with E-state index in [9.17, 15) is 9.59 Å². The Morgan fingerprint density at radius 2 is 2.21 bits per heavy atom. The smallest absolute Gasteiger partial charge is 0.356 e. The number of carbonyl (C=O) groups excluding carboxylic acids is 1. The largest absolute Gasteiger partial charge is 0.476 e. The summed E-state index contributed by atoms with van der Waals surface area (Å²) in [5.74, 6) is -0.825. The van der Waals surface area contributed by atoms with Crippen molar-refractivity contribution in [2.45, 2.75) is 19.3 Å². The summed E-state index contributed by atoms with van der Waals surface area (Å²) in [6, 6.07) is 5.71. The minimum absolute atomic E-state index is 0.121. The van der Waals surface area contributed by atoms with E-state index in [2.05, 4.69) is 30.7 Å². The molecule has 0 radical (unpaired) electrons. The predicted molar refractivity (Wildman–Crippen MR) is 85.5 cm³/mol. The van der Waals surface area contributed by atoms with Crippen LogP contribution in [0, 0.1) is 0 Å². The molecule has 2 aromatic heterocycles. The molecule has 0 fully saturated rings. The summed E-state index contributed by atoms with van der Waals surface area (Å²) in [5, 5.41) is 21.5. The van der Waals surface area contributed by atoms with Crippen molar-refractivity contribution in [3.05, 3.63) is 29.5 Å². The average Bonchev–Trinajstić information content (AvgIpc) is 3.18. The molecule has 3 aromatic rings. The van der Waals surface area contributed by atoms with Crippen molar-refractivity contribution in [1.29, 1.82) is 0 Å². The number of fused-ring (bicyclic) bond motifs is 1. The highest BCUT2D eigenvalue weighted by Gasteiger charge is 2.22. The van der Waals surface area contributed by atoms with E-state index in [4.69, 9.17) is 5.11 Å². The first-order valence-electron chi connectivity index (χ1n) is 7.24. The summed E-state index contributed by atoms with van der Waals surface area (Å²) in [6.07, 6.45) is 0.672. The minimum Gasteiger partial charge on any atom is -0.476 e. The fraction of sp³-hybridized carbons (Fsp3) is 0.267. The van der Waals surface area contributed by atoms with Crippen LogP contribution < -0.4 is 5.32 Å². The van der Waals surface area contributed by atoms with Gasteiger partial charge in [-0.15, -0.1) is 5.10 Å². The molecule has 9 nitrogen and oxygen atoms in total. The van der Waals surface area contributed by atoms with Gasteiger partial charge in [0.05, 0.1) is 11.0 Å². The van der Waals surface area contributed by atoms with Gasteiger partial charge in [-0.25, -0.2) is 9.78 Å². The van der Waals surface area contributed by atoms with E-state index in [1.807, 2.05) is 32.0 Å². The molecule has 0 spiro atoms. The molecule has 0 saturated carbocycles. The molecule has 4 N–H and O–H groups in total. The van der Waals surface area contributed by atoms with Crippen LogP contribution in [0.3, 0.4) is 0 Å². The monoisotopic (exact) mass is 328 g/mol. The maximum absolute atomic E-state index is 11.2. The van der Waals surface area contributed by atoms with Crippen molar-refractivity contribution in [3.63, 3.8) is 0 Å². The number of carboxylic acids is 1. The first kappa shape index (κ1) is 15.7. The highest BCUT2D eigenvalue weighted by molar-refractivity contribution is 5.92. The van der Waals surface area contributed by atoms with Gasteiger partial charge in [-0.2, -0.15) is 0 Å². The van der Waals surface area contributed by atoms with Crippen molar-refractivity contribution < 1.29 is 14.7 Å². The third-order valence-electron chi connectivity index (χ3n) is 3.88. The fourth-order valence-electron chi connectivity index (χ4n) is 2.48. The SMILES string of the molecule is CC(C)(CNC=O)c1ccc2[nH]c(-c3nn[nH]c3C(=O)O)nc2c1. The lowest BCUT2D eigenvalue weighted by Crippen LogP contribution is -2.32. The van der Waals surface area contributed by atoms with Gasteiger partial charge in [-0.05, 0) is 17.7 Å². The fourth-order valence-corrected chi connectivity index (χ4v) is 2.48. The van der Waals surface area contributed by atoms with E-state index < -0.39 is 5.97 Å². The Hall–Kier alpha value is -3.23. The second kappa shape index (κ2) is 5.76. The Balaban J connectivity index is 2.02. The van der Waals surface area contributed by atoms with Gasteiger partial charge in [0.2, 0.25) is 6.41 Å². The number of aromatic nitrogens is 5. The number of H-pyrrole nitrogens is 2. The van der Waals surface area contributed by atoms with E-state index in [0.717, 1.165) is 11.1 Å². The number of hydrogen-bond donors (Lipinski definition) is 4. The Kier molecular flexibility index (Phi) is 3.76. The van der Waals surface area contributed by atoms with Crippen LogP contribution in [-0.4, -0.2) is 49.4 Å². The molecule has 0 saturated heterocycles. The van der Waals surface area contributed by atoms with Crippen molar-refractivity contribution in [1.82, 2.24) is 30.7 Å². The molecule has 3 rings (SSSR count). The molecule has 0 aliphatic heterocycles. The van der Waals surface area contributed by atoms with Gasteiger partial charge < -0.3 is 15.4 Å². The van der Waals surface area contributed by atoms with Crippen LogP contribution in [0.5, 0.6) is 0 Å². The zero-order valence-electron chi connectivity index (χ0n) is 13.1. The number of imidazole rings is 1. The van der Waals surface area contributed by atoms with Gasteiger partial charge >= 0.3 is 5.97 Å². The highest BCUT2D eigenvalue weighted by Crippen LogP contribution is 2.27. The Morgan fingerprint density at radius 3 is 2.92 bits per heavy atom. The average molecular weight is 328 g/mol. The number of aromatic carboxylic acids is 1. The van der Waals surface area contributed by atoms with E-state index in [1.54, 1.807) is 0 Å². The normalized spacial score (nSPS) is 11.6. The molecule has 0 aliphatic rings. The van der Waals surface area contributed by atoms with Gasteiger partial charge in [0.25, 0.3) is 0 Å². The number of hydrogen-bond acceptors (Lipinski definition) is 5. The zero-order valence-corrected chi connectivity index (χ0v) is 13.1. The molecular formula is C15H16N6O3. The number of rotatable bonds is 6. The maximum Gasteiger partial charge on any atom is 0.356 e. The van der Waals surface area contributed by atoms with Crippen LogP contribution in [0.15, 0.2) is 18.2 Å². The molecule has 0 aliphatic carbocycles. The molecule has 0 atom stereocenters. The standard InChI is InChI=1S/C15H16N6O3/c1-15(2,6-16-7-22)8-3-4-9-10(5-8)18-13(17-9)11-12(14(23)24)20-21-19-11/h3-5,7H,6H2,1-2H3,(H,16,22)(H,17,18)(H,23,24)(H,19,20,21). The minimum atomic E-state index is -1.16. The molecule has 0 unspecified atom stereocenters. The molecule has 1 aromatic carbocycles. The number of carboxylic acid groups (broad SMARTS) is 1. The van der Waals surface area contributed by atoms with E-state index in [-0.39, 0.29) is 16.8 Å². The molecule has 9 heteroatoms. The van der Waals surface area contributed by atoms with Crippen LogP contribution >= 0.6 is 0 Å². The molecule has 124 valence electrons. The molecule has 0 bridgehead atoms. The van der Waals surface area contributed by atoms with Gasteiger partial charge in [0.1, 0.15) is 0 Å². The number of carbonyl (C=O) groups is 2. The molecule has 2 heterocycles. The third kappa shape index (κ3) is 2.71. The Bertz CT molecular complexity index is 911. The summed E-state index contributed by atoms with van der Waals surface area (Å²) in [6.45, 7) is 4.52. The van der Waals surface area contributed by atoms with Gasteiger partial charge in [0.15, 0.2) is 17.2 Å². The maximum atomic E-state index is 11.2. The van der Waals surface area contributed by atoms with E-state index >= 15 is 0 Å². The van der Waals surface area contributed by atoms with Gasteiger partial charge in [-0.1, -0.05) is 25.1 Å².